The van der Waals surface area contributed by atoms with E-state index >= 15 is 0 Å². The first kappa shape index (κ1) is 9.20. The van der Waals surface area contributed by atoms with E-state index in [2.05, 4.69) is 0 Å². The van der Waals surface area contributed by atoms with Crippen LogP contribution < -0.4 is 0 Å². The number of Topliss-reactive ketones (excluding diaryl/α,β-unsaturated/α-hetero) is 1. The normalized spacial score (nSPS) is 29.2. The van der Waals surface area contributed by atoms with E-state index in [4.69, 9.17) is 4.74 Å². The van der Waals surface area contributed by atoms with Gasteiger partial charge in [0.1, 0.15) is 5.78 Å². The molecule has 0 bridgehead atoms. The topological polar surface area (TPSA) is 26.3 Å². The van der Waals surface area contributed by atoms with Gasteiger partial charge < -0.3 is 4.74 Å². The molecule has 0 amide bonds. The molecular weight excluding hydrogens is 164 g/mol. The third-order valence-corrected chi connectivity index (χ3v) is 3.30. The van der Waals surface area contributed by atoms with E-state index in [1.807, 2.05) is 0 Å². The van der Waals surface area contributed by atoms with E-state index in [-0.39, 0.29) is 0 Å². The highest BCUT2D eigenvalue weighted by molar-refractivity contribution is 5.82. The molecule has 0 N–H and O–H groups in total. The van der Waals surface area contributed by atoms with Crippen molar-refractivity contribution in [1.29, 1.82) is 0 Å². The molecule has 0 aliphatic heterocycles. The highest BCUT2D eigenvalue weighted by Crippen LogP contribution is 2.26. The van der Waals surface area contributed by atoms with Crippen LogP contribution in [-0.4, -0.2) is 18.5 Å². The van der Waals surface area contributed by atoms with Gasteiger partial charge in [0, 0.05) is 18.9 Å². The molecule has 2 saturated carbocycles. The van der Waals surface area contributed by atoms with Gasteiger partial charge >= 0.3 is 0 Å². The van der Waals surface area contributed by atoms with Crippen LogP contribution in [0.4, 0.5) is 0 Å². The Morgan fingerprint density at radius 2 is 2.08 bits per heavy atom. The van der Waals surface area contributed by atoms with E-state index in [0.717, 1.165) is 32.3 Å². The summed E-state index contributed by atoms with van der Waals surface area (Å²) in [7, 11) is 0. The van der Waals surface area contributed by atoms with Crippen LogP contribution in [0.15, 0.2) is 0 Å². The van der Waals surface area contributed by atoms with Crippen molar-refractivity contribution in [3.05, 3.63) is 0 Å². The molecule has 74 valence electrons. The maximum absolute atomic E-state index is 11.3. The number of carbonyl (C=O) groups excluding carboxylic acids is 1. The van der Waals surface area contributed by atoms with Crippen molar-refractivity contribution < 1.29 is 9.53 Å². The van der Waals surface area contributed by atoms with Gasteiger partial charge in [-0.05, 0) is 38.5 Å². The Bertz CT molecular complexity index is 185. The molecule has 2 rings (SSSR count). The van der Waals surface area contributed by atoms with E-state index in [9.17, 15) is 4.79 Å². The molecule has 1 atom stereocenters. The van der Waals surface area contributed by atoms with Gasteiger partial charge in [-0.1, -0.05) is 0 Å². The standard InChI is InChI=1S/C11H18O2/c12-11-6-1-3-9(11)7-8-13-10-4-2-5-10/h9-10H,1-8H2. The molecule has 0 spiro atoms. The number of carbonyl (C=O) groups is 1. The molecule has 1 unspecified atom stereocenters. The van der Waals surface area contributed by atoms with Crippen molar-refractivity contribution in [3.63, 3.8) is 0 Å². The predicted molar refractivity (Wildman–Crippen MR) is 50.6 cm³/mol. The fraction of sp³-hybridized carbons (Fsp3) is 0.909. The summed E-state index contributed by atoms with van der Waals surface area (Å²) < 4.78 is 5.64. The average Bonchev–Trinajstić information content (AvgIpc) is 2.42. The van der Waals surface area contributed by atoms with Crippen LogP contribution in [0.3, 0.4) is 0 Å². The molecule has 2 aliphatic rings. The first-order valence-electron chi connectivity index (χ1n) is 5.50. The summed E-state index contributed by atoms with van der Waals surface area (Å²) in [5.74, 6) is 0.803. The molecule has 2 fully saturated rings. The van der Waals surface area contributed by atoms with Crippen LogP contribution in [0.25, 0.3) is 0 Å². The molecule has 0 heterocycles. The third kappa shape index (κ3) is 2.31. The summed E-state index contributed by atoms with van der Waals surface area (Å²) in [6, 6.07) is 0. The molecule has 2 nitrogen and oxygen atoms in total. The Morgan fingerprint density at radius 3 is 2.62 bits per heavy atom. The molecule has 13 heavy (non-hydrogen) atoms. The van der Waals surface area contributed by atoms with Crippen molar-refractivity contribution in [3.8, 4) is 0 Å². The first-order chi connectivity index (χ1) is 6.36. The zero-order chi connectivity index (χ0) is 9.10. The molecular formula is C11H18O2. The van der Waals surface area contributed by atoms with Gasteiger partial charge in [0.15, 0.2) is 0 Å². The van der Waals surface area contributed by atoms with Gasteiger partial charge in [-0.3, -0.25) is 4.79 Å². The van der Waals surface area contributed by atoms with Crippen molar-refractivity contribution >= 4 is 5.78 Å². The van der Waals surface area contributed by atoms with E-state index in [0.29, 0.717) is 17.8 Å². The lowest BCUT2D eigenvalue weighted by Gasteiger charge is -2.25. The second-order valence-corrected chi connectivity index (χ2v) is 4.27. The SMILES string of the molecule is O=C1CCCC1CCOC1CCC1. The van der Waals surface area contributed by atoms with Gasteiger partial charge in [0.05, 0.1) is 6.10 Å². The van der Waals surface area contributed by atoms with Gasteiger partial charge in [0.25, 0.3) is 0 Å². The molecule has 2 aliphatic carbocycles. The maximum atomic E-state index is 11.3. The van der Waals surface area contributed by atoms with Crippen molar-refractivity contribution in [2.45, 2.75) is 51.0 Å². The molecule has 2 heteroatoms. The third-order valence-electron chi connectivity index (χ3n) is 3.30. The van der Waals surface area contributed by atoms with Crippen molar-refractivity contribution in [2.75, 3.05) is 6.61 Å². The summed E-state index contributed by atoms with van der Waals surface area (Å²) in [4.78, 5) is 11.3. The minimum atomic E-state index is 0.333. The van der Waals surface area contributed by atoms with E-state index in [1.165, 1.54) is 19.3 Å². The Labute approximate surface area is 79.7 Å². The highest BCUT2D eigenvalue weighted by Gasteiger charge is 2.25. The second-order valence-electron chi connectivity index (χ2n) is 4.27. The summed E-state index contributed by atoms with van der Waals surface area (Å²) in [6.07, 6.45) is 8.31. The number of hydrogen-bond donors (Lipinski definition) is 0. The zero-order valence-electron chi connectivity index (χ0n) is 8.13. The number of hydrogen-bond acceptors (Lipinski definition) is 2. The summed E-state index contributed by atoms with van der Waals surface area (Å²) in [5.41, 5.74) is 0. The largest absolute Gasteiger partial charge is 0.378 e. The zero-order valence-corrected chi connectivity index (χ0v) is 8.13. The lowest BCUT2D eigenvalue weighted by molar-refractivity contribution is -0.121. The van der Waals surface area contributed by atoms with Crippen LogP contribution in [0, 0.1) is 5.92 Å². The van der Waals surface area contributed by atoms with Crippen molar-refractivity contribution in [1.82, 2.24) is 0 Å². The van der Waals surface area contributed by atoms with Crippen LogP contribution in [0.1, 0.15) is 44.9 Å². The molecule has 0 aromatic heterocycles. The van der Waals surface area contributed by atoms with Gasteiger partial charge in [0.2, 0.25) is 0 Å². The highest BCUT2D eigenvalue weighted by atomic mass is 16.5. The number of ketones is 1. The van der Waals surface area contributed by atoms with E-state index < -0.39 is 0 Å². The Hall–Kier alpha value is -0.370. The molecule has 0 aromatic rings. The summed E-state index contributed by atoms with van der Waals surface area (Å²) >= 11 is 0. The lowest BCUT2D eigenvalue weighted by atomic mass is 9.96. The van der Waals surface area contributed by atoms with E-state index in [1.54, 1.807) is 0 Å². The fourth-order valence-corrected chi connectivity index (χ4v) is 2.11. The minimum absolute atomic E-state index is 0.333. The average molecular weight is 182 g/mol. The fourth-order valence-electron chi connectivity index (χ4n) is 2.11. The van der Waals surface area contributed by atoms with Gasteiger partial charge in [-0.2, -0.15) is 0 Å². The monoisotopic (exact) mass is 182 g/mol. The van der Waals surface area contributed by atoms with Crippen molar-refractivity contribution in [2.24, 2.45) is 5.92 Å². The van der Waals surface area contributed by atoms with Gasteiger partial charge in [-0.25, -0.2) is 0 Å². The minimum Gasteiger partial charge on any atom is -0.378 e. The first-order valence-corrected chi connectivity index (χ1v) is 5.50. The van der Waals surface area contributed by atoms with Gasteiger partial charge in [-0.15, -0.1) is 0 Å². The smallest absolute Gasteiger partial charge is 0.136 e. The Balaban J connectivity index is 1.58. The Morgan fingerprint density at radius 1 is 1.23 bits per heavy atom. The molecule has 0 aromatic carbocycles. The van der Waals surface area contributed by atoms with Crippen LogP contribution in [0.2, 0.25) is 0 Å². The molecule has 0 saturated heterocycles. The quantitative estimate of drug-likeness (QED) is 0.667. The maximum Gasteiger partial charge on any atom is 0.136 e. The summed E-state index contributed by atoms with van der Waals surface area (Å²) in [5, 5.41) is 0. The van der Waals surface area contributed by atoms with Crippen LogP contribution in [-0.2, 0) is 9.53 Å². The predicted octanol–water partition coefficient (Wildman–Crippen LogP) is 2.31. The Kier molecular flexibility index (Phi) is 2.99. The molecule has 0 radical (unpaired) electrons. The van der Waals surface area contributed by atoms with Crippen LogP contribution >= 0.6 is 0 Å². The second kappa shape index (κ2) is 4.23. The number of ether oxygens (including phenoxy) is 1. The van der Waals surface area contributed by atoms with Crippen LogP contribution in [0.5, 0.6) is 0 Å². The lowest BCUT2D eigenvalue weighted by Crippen LogP contribution is -2.23. The number of rotatable bonds is 4. The summed E-state index contributed by atoms with van der Waals surface area (Å²) in [6.45, 7) is 0.807.